The maximum atomic E-state index is 11.9. The Bertz CT molecular complexity index is 576. The van der Waals surface area contributed by atoms with E-state index in [1.165, 1.54) is 6.08 Å². The highest BCUT2D eigenvalue weighted by Gasteiger charge is 2.34. The zero-order valence-corrected chi connectivity index (χ0v) is 11.0. The molecule has 0 unspecified atom stereocenters. The molecule has 0 atom stereocenters. The molecule has 2 aliphatic heterocycles. The van der Waals surface area contributed by atoms with E-state index < -0.39 is 17.8 Å². The van der Waals surface area contributed by atoms with E-state index in [1.54, 1.807) is 25.2 Å². The first-order chi connectivity index (χ1) is 9.63. The Morgan fingerprint density at radius 3 is 2.90 bits per heavy atom. The Balaban J connectivity index is 0.00000220. The number of nitrogens with zero attached hydrogens (tertiary/aromatic N) is 1. The monoisotopic (exact) mass is 276 g/mol. The van der Waals surface area contributed by atoms with E-state index in [1.807, 2.05) is 12.2 Å². The number of hydrogen-bond donors (Lipinski definition) is 1. The van der Waals surface area contributed by atoms with Crippen LogP contribution in [0.25, 0.3) is 0 Å². The minimum absolute atomic E-state index is 0. The van der Waals surface area contributed by atoms with Crippen molar-refractivity contribution in [2.45, 2.75) is 6.92 Å². The lowest BCUT2D eigenvalue weighted by atomic mass is 10.1. The molecule has 6 nitrogen and oxygen atoms in total. The third-order valence-corrected chi connectivity index (χ3v) is 2.77. The van der Waals surface area contributed by atoms with Crippen LogP contribution in [0, 0.1) is 0 Å². The molecule has 0 saturated carbocycles. The van der Waals surface area contributed by atoms with Crippen molar-refractivity contribution in [3.05, 3.63) is 47.8 Å². The second-order valence-electron chi connectivity index (χ2n) is 4.06. The summed E-state index contributed by atoms with van der Waals surface area (Å²) in [5, 5.41) is 2.12. The van der Waals surface area contributed by atoms with Crippen LogP contribution in [0.5, 0.6) is 0 Å². The van der Waals surface area contributed by atoms with Crippen LogP contribution in [0.1, 0.15) is 8.35 Å². The van der Waals surface area contributed by atoms with Crippen LogP contribution >= 0.6 is 0 Å². The van der Waals surface area contributed by atoms with Gasteiger partial charge in [-0.3, -0.25) is 19.8 Å². The van der Waals surface area contributed by atoms with Crippen LogP contribution in [0.4, 0.5) is 4.79 Å². The second kappa shape index (κ2) is 6.01. The van der Waals surface area contributed by atoms with E-state index >= 15 is 0 Å². The fraction of sp³-hybridized carbons (Fsp3) is 0.214. The molecule has 0 aromatic rings. The molecule has 1 N–H and O–H groups in total. The molecule has 0 spiro atoms. The second-order valence-corrected chi connectivity index (χ2v) is 4.06. The van der Waals surface area contributed by atoms with Crippen LogP contribution in [0.2, 0.25) is 0 Å². The van der Waals surface area contributed by atoms with Gasteiger partial charge in [-0.1, -0.05) is 12.2 Å². The predicted molar refractivity (Wildman–Crippen MR) is 73.4 cm³/mol. The zero-order valence-electron chi connectivity index (χ0n) is 11.0. The quantitative estimate of drug-likeness (QED) is 0.622. The Morgan fingerprint density at radius 1 is 1.45 bits per heavy atom. The molecule has 6 heteroatoms. The van der Waals surface area contributed by atoms with Gasteiger partial charge in [-0.05, 0) is 31.2 Å². The van der Waals surface area contributed by atoms with Gasteiger partial charge in [0.05, 0.1) is 0 Å². The first-order valence-corrected chi connectivity index (χ1v) is 6.18. The Morgan fingerprint density at radius 2 is 2.25 bits per heavy atom. The molecular formula is C14H16N2O4. The Kier molecular flexibility index (Phi) is 4.14. The fourth-order valence-electron chi connectivity index (χ4n) is 1.75. The molecule has 0 bridgehead atoms. The maximum absolute atomic E-state index is 11.9. The third-order valence-electron chi connectivity index (χ3n) is 2.77. The molecule has 1 saturated heterocycles. The third kappa shape index (κ3) is 2.85. The summed E-state index contributed by atoms with van der Waals surface area (Å²) in [4.78, 5) is 35.9. The van der Waals surface area contributed by atoms with Gasteiger partial charge in [-0.25, -0.2) is 4.79 Å². The average molecular weight is 276 g/mol. The lowest BCUT2D eigenvalue weighted by Crippen LogP contribution is -2.53. The average Bonchev–Trinajstić information content (AvgIpc) is 2.44. The number of rotatable bonds is 3. The van der Waals surface area contributed by atoms with E-state index in [0.29, 0.717) is 12.4 Å². The summed E-state index contributed by atoms with van der Waals surface area (Å²) in [6.45, 7) is 2.36. The first-order valence-electron chi connectivity index (χ1n) is 6.18. The van der Waals surface area contributed by atoms with E-state index in [2.05, 4.69) is 5.32 Å². The maximum Gasteiger partial charge on any atom is 0.331 e. The number of barbiturate groups is 1. The van der Waals surface area contributed by atoms with Crippen LogP contribution < -0.4 is 5.32 Å². The van der Waals surface area contributed by atoms with E-state index in [0.717, 1.165) is 4.90 Å². The van der Waals surface area contributed by atoms with Gasteiger partial charge in [-0.2, -0.15) is 0 Å². The normalized spacial score (nSPS) is 21.2. The number of carbonyl (C=O) groups is 3. The van der Waals surface area contributed by atoms with Gasteiger partial charge in [0, 0.05) is 7.97 Å². The number of allylic oxidation sites excluding steroid dienone is 5. The number of carbonyl (C=O) groups excluding carboxylic acids is 3. The molecule has 0 aromatic heterocycles. The standard InChI is InChI=1S/C14H14N2O4.H2/c1-2-16-13(18)11(12(17)15-14(16)19)8-5-7-10-6-3-4-9-20-10;/h3-8H,2,9H2,1H3,(H,15,17,19);1H/b7-5+,11-8+;. The van der Waals surface area contributed by atoms with Crippen LogP contribution in [0.3, 0.4) is 0 Å². The minimum atomic E-state index is -0.688. The first kappa shape index (κ1) is 13.8. The molecular weight excluding hydrogens is 260 g/mol. The molecule has 2 aliphatic rings. The summed E-state index contributed by atoms with van der Waals surface area (Å²) >= 11 is 0. The summed E-state index contributed by atoms with van der Waals surface area (Å²) in [5.74, 6) is -0.645. The van der Waals surface area contributed by atoms with Crippen molar-refractivity contribution in [1.29, 1.82) is 0 Å². The summed E-state index contributed by atoms with van der Waals surface area (Å²) < 4.78 is 5.29. The molecule has 2 heterocycles. The Hall–Kier alpha value is -2.63. The number of imide groups is 2. The fourth-order valence-corrected chi connectivity index (χ4v) is 1.75. The summed E-state index contributed by atoms with van der Waals surface area (Å²) in [6.07, 6.45) is 10.0. The molecule has 4 amide bonds. The summed E-state index contributed by atoms with van der Waals surface area (Å²) in [7, 11) is 0. The zero-order chi connectivity index (χ0) is 14.5. The van der Waals surface area contributed by atoms with Crippen molar-refractivity contribution < 1.29 is 20.5 Å². The van der Waals surface area contributed by atoms with Gasteiger partial charge < -0.3 is 4.74 Å². The van der Waals surface area contributed by atoms with E-state index in [4.69, 9.17) is 4.74 Å². The lowest BCUT2D eigenvalue weighted by molar-refractivity contribution is -0.130. The van der Waals surface area contributed by atoms with Crippen molar-refractivity contribution >= 4 is 17.8 Å². The van der Waals surface area contributed by atoms with Gasteiger partial charge in [0.2, 0.25) is 0 Å². The highest BCUT2D eigenvalue weighted by Crippen LogP contribution is 2.11. The van der Waals surface area contributed by atoms with E-state index in [9.17, 15) is 14.4 Å². The molecule has 2 rings (SSSR count). The molecule has 0 aromatic carbocycles. The number of likely N-dealkylation sites (N-methyl/N-ethyl adjacent to an activating group) is 1. The lowest BCUT2D eigenvalue weighted by Gasteiger charge is -2.24. The number of nitrogens with one attached hydrogen (secondary N) is 1. The summed E-state index contributed by atoms with van der Waals surface area (Å²) in [6, 6.07) is -0.688. The molecule has 0 radical (unpaired) electrons. The van der Waals surface area contributed by atoms with Crippen molar-refractivity contribution in [3.63, 3.8) is 0 Å². The van der Waals surface area contributed by atoms with Crippen molar-refractivity contribution in [3.8, 4) is 0 Å². The molecule has 1 fully saturated rings. The minimum Gasteiger partial charge on any atom is -0.490 e. The number of urea groups is 1. The van der Waals surface area contributed by atoms with Crippen molar-refractivity contribution in [1.82, 2.24) is 10.2 Å². The van der Waals surface area contributed by atoms with Crippen molar-refractivity contribution in [2.75, 3.05) is 13.2 Å². The molecule has 0 aliphatic carbocycles. The van der Waals surface area contributed by atoms with Gasteiger partial charge in [0.15, 0.2) is 0 Å². The number of hydrogen-bond acceptors (Lipinski definition) is 4. The van der Waals surface area contributed by atoms with Crippen LogP contribution in [-0.2, 0) is 14.3 Å². The van der Waals surface area contributed by atoms with Gasteiger partial charge in [0.25, 0.3) is 11.8 Å². The predicted octanol–water partition coefficient (Wildman–Crippen LogP) is 1.28. The van der Waals surface area contributed by atoms with Crippen LogP contribution in [-0.4, -0.2) is 35.9 Å². The molecule has 20 heavy (non-hydrogen) atoms. The van der Waals surface area contributed by atoms with Gasteiger partial charge in [-0.15, -0.1) is 0 Å². The van der Waals surface area contributed by atoms with Gasteiger partial charge in [0.1, 0.15) is 17.9 Å². The summed E-state index contributed by atoms with van der Waals surface area (Å²) in [5.41, 5.74) is -0.0744. The highest BCUT2D eigenvalue weighted by molar-refractivity contribution is 6.28. The smallest absolute Gasteiger partial charge is 0.331 e. The van der Waals surface area contributed by atoms with E-state index in [-0.39, 0.29) is 13.5 Å². The number of amides is 4. The Labute approximate surface area is 117 Å². The topological polar surface area (TPSA) is 75.7 Å². The van der Waals surface area contributed by atoms with Crippen molar-refractivity contribution in [2.24, 2.45) is 0 Å². The molecule has 106 valence electrons. The SMILES string of the molecule is CCN1C(=O)NC(=O)/C(=C\C=C\C2=CC=CCO2)C1=O.[HH]. The largest absolute Gasteiger partial charge is 0.490 e. The van der Waals surface area contributed by atoms with Gasteiger partial charge >= 0.3 is 6.03 Å². The number of ether oxygens (including phenoxy) is 1. The van der Waals surface area contributed by atoms with Crippen LogP contribution in [0.15, 0.2) is 47.8 Å². The highest BCUT2D eigenvalue weighted by atomic mass is 16.5.